The van der Waals surface area contributed by atoms with Crippen LogP contribution in [0.15, 0.2) is 78.9 Å². The minimum atomic E-state index is -0.681. The molecule has 0 spiro atoms. The van der Waals surface area contributed by atoms with Crippen molar-refractivity contribution in [3.8, 4) is 0 Å². The Morgan fingerprint density at radius 2 is 1.72 bits per heavy atom. The molecule has 1 aliphatic rings. The van der Waals surface area contributed by atoms with Crippen LogP contribution in [0, 0.1) is 0 Å². The van der Waals surface area contributed by atoms with E-state index in [0.717, 1.165) is 22.2 Å². The number of rotatable bonds is 6. The third-order valence-corrected chi connectivity index (χ3v) is 5.97. The Hall–Kier alpha value is -4.00. The number of nitrogens with one attached hydrogen (secondary N) is 1. The SMILES string of the molecule is CC(CN1C(=O)c2ccccc2C1C(=O)NCn1nnc2ccccc21)c1ccccc1. The summed E-state index contributed by atoms with van der Waals surface area (Å²) in [6.45, 7) is 2.69. The van der Waals surface area contributed by atoms with Crippen molar-refractivity contribution in [2.75, 3.05) is 6.54 Å². The van der Waals surface area contributed by atoms with Crippen LogP contribution >= 0.6 is 0 Å². The first kappa shape index (κ1) is 19.9. The van der Waals surface area contributed by atoms with Crippen molar-refractivity contribution in [3.05, 3.63) is 95.6 Å². The number of amides is 2. The molecular weight excluding hydrogens is 402 g/mol. The monoisotopic (exact) mass is 425 g/mol. The highest BCUT2D eigenvalue weighted by Gasteiger charge is 2.41. The molecule has 1 aromatic heterocycles. The molecule has 2 atom stereocenters. The summed E-state index contributed by atoms with van der Waals surface area (Å²) >= 11 is 0. The van der Waals surface area contributed by atoms with Crippen molar-refractivity contribution < 1.29 is 9.59 Å². The van der Waals surface area contributed by atoms with Gasteiger partial charge in [-0.05, 0) is 35.2 Å². The highest BCUT2D eigenvalue weighted by molar-refractivity contribution is 6.04. The predicted octanol–water partition coefficient (Wildman–Crippen LogP) is 3.51. The summed E-state index contributed by atoms with van der Waals surface area (Å²) in [6, 6.07) is 24.3. The van der Waals surface area contributed by atoms with Crippen LogP contribution in [-0.4, -0.2) is 38.3 Å². The number of benzene rings is 3. The van der Waals surface area contributed by atoms with Crippen molar-refractivity contribution in [2.45, 2.75) is 25.6 Å². The van der Waals surface area contributed by atoms with E-state index in [2.05, 4.69) is 22.6 Å². The molecule has 3 aromatic carbocycles. The van der Waals surface area contributed by atoms with Crippen molar-refractivity contribution in [1.82, 2.24) is 25.2 Å². The Balaban J connectivity index is 1.39. The third kappa shape index (κ3) is 3.51. The standard InChI is InChI=1S/C25H23N5O2/c1-17(18-9-3-2-4-10-18)15-29-23(19-11-5-6-12-20(19)25(29)32)24(31)26-16-30-22-14-8-7-13-21(22)27-28-30/h2-14,17,23H,15-16H2,1H3,(H,26,31). The normalized spacial score (nSPS) is 16.2. The topological polar surface area (TPSA) is 80.1 Å². The smallest absolute Gasteiger partial charge is 0.255 e. The van der Waals surface area contributed by atoms with E-state index in [-0.39, 0.29) is 24.4 Å². The molecule has 0 bridgehead atoms. The Kier molecular flexibility index (Phi) is 5.15. The van der Waals surface area contributed by atoms with E-state index in [1.807, 2.05) is 72.8 Å². The zero-order valence-electron chi connectivity index (χ0n) is 17.7. The molecule has 4 aromatic rings. The minimum Gasteiger partial charge on any atom is -0.335 e. The van der Waals surface area contributed by atoms with Crippen molar-refractivity contribution in [2.24, 2.45) is 0 Å². The summed E-state index contributed by atoms with van der Waals surface area (Å²) in [5, 5.41) is 11.2. The highest BCUT2D eigenvalue weighted by atomic mass is 16.2. The van der Waals surface area contributed by atoms with Gasteiger partial charge in [-0.25, -0.2) is 4.68 Å². The molecule has 160 valence electrons. The quantitative estimate of drug-likeness (QED) is 0.513. The zero-order chi connectivity index (χ0) is 22.1. The van der Waals surface area contributed by atoms with Gasteiger partial charge in [0.2, 0.25) is 5.91 Å². The third-order valence-electron chi connectivity index (χ3n) is 5.97. The Morgan fingerprint density at radius 1 is 1.00 bits per heavy atom. The fourth-order valence-electron chi connectivity index (χ4n) is 4.31. The second-order valence-electron chi connectivity index (χ2n) is 8.04. The molecule has 2 heterocycles. The number of aromatic nitrogens is 3. The van der Waals surface area contributed by atoms with Gasteiger partial charge in [-0.2, -0.15) is 0 Å². The van der Waals surface area contributed by atoms with E-state index < -0.39 is 6.04 Å². The summed E-state index contributed by atoms with van der Waals surface area (Å²) in [5.74, 6) is -0.262. The lowest BCUT2D eigenvalue weighted by Gasteiger charge is -2.27. The lowest BCUT2D eigenvalue weighted by atomic mass is 9.99. The molecule has 32 heavy (non-hydrogen) atoms. The number of nitrogens with zero attached hydrogens (tertiary/aromatic N) is 4. The molecule has 7 nitrogen and oxygen atoms in total. The summed E-state index contributed by atoms with van der Waals surface area (Å²) in [7, 11) is 0. The number of para-hydroxylation sites is 1. The number of hydrogen-bond acceptors (Lipinski definition) is 4. The van der Waals surface area contributed by atoms with Crippen LogP contribution in [0.3, 0.4) is 0 Å². The number of hydrogen-bond donors (Lipinski definition) is 1. The molecule has 0 saturated carbocycles. The molecule has 1 aliphatic heterocycles. The maximum absolute atomic E-state index is 13.3. The van der Waals surface area contributed by atoms with Crippen molar-refractivity contribution in [3.63, 3.8) is 0 Å². The van der Waals surface area contributed by atoms with Gasteiger partial charge in [0.15, 0.2) is 0 Å². The van der Waals surface area contributed by atoms with Gasteiger partial charge in [-0.15, -0.1) is 5.10 Å². The lowest BCUT2D eigenvalue weighted by molar-refractivity contribution is -0.126. The van der Waals surface area contributed by atoms with Gasteiger partial charge in [0.05, 0.1) is 5.52 Å². The van der Waals surface area contributed by atoms with Crippen LogP contribution in [0.2, 0.25) is 0 Å². The predicted molar refractivity (Wildman–Crippen MR) is 121 cm³/mol. The van der Waals surface area contributed by atoms with Crippen LogP contribution < -0.4 is 5.32 Å². The molecule has 7 heteroatoms. The average Bonchev–Trinajstić information content (AvgIpc) is 3.37. The van der Waals surface area contributed by atoms with Crippen LogP contribution in [0.4, 0.5) is 0 Å². The maximum Gasteiger partial charge on any atom is 0.255 e. The van der Waals surface area contributed by atoms with Gasteiger partial charge < -0.3 is 10.2 Å². The molecular formula is C25H23N5O2. The molecule has 5 rings (SSSR count). The molecule has 0 fully saturated rings. The van der Waals surface area contributed by atoms with Gasteiger partial charge in [0.25, 0.3) is 5.91 Å². The van der Waals surface area contributed by atoms with Crippen molar-refractivity contribution in [1.29, 1.82) is 0 Å². The van der Waals surface area contributed by atoms with Crippen LogP contribution in [-0.2, 0) is 11.5 Å². The number of carbonyl (C=O) groups is 2. The van der Waals surface area contributed by atoms with E-state index in [1.54, 1.807) is 15.6 Å². The summed E-state index contributed by atoms with van der Waals surface area (Å²) in [6.07, 6.45) is 0. The second-order valence-corrected chi connectivity index (χ2v) is 8.04. The summed E-state index contributed by atoms with van der Waals surface area (Å²) < 4.78 is 1.65. The Morgan fingerprint density at radius 3 is 2.56 bits per heavy atom. The van der Waals surface area contributed by atoms with Crippen LogP contribution in [0.25, 0.3) is 11.0 Å². The molecule has 0 aliphatic carbocycles. The first-order valence-electron chi connectivity index (χ1n) is 10.6. The van der Waals surface area contributed by atoms with Gasteiger partial charge in [0.1, 0.15) is 18.2 Å². The van der Waals surface area contributed by atoms with E-state index in [9.17, 15) is 9.59 Å². The van der Waals surface area contributed by atoms with E-state index in [1.165, 1.54) is 0 Å². The fourth-order valence-corrected chi connectivity index (χ4v) is 4.31. The molecule has 2 amide bonds. The van der Waals surface area contributed by atoms with Gasteiger partial charge in [-0.1, -0.05) is 72.8 Å². The Bertz CT molecular complexity index is 1280. The molecule has 1 N–H and O–H groups in total. The van der Waals surface area contributed by atoms with Gasteiger partial charge in [-0.3, -0.25) is 9.59 Å². The fraction of sp³-hybridized carbons (Fsp3) is 0.200. The highest BCUT2D eigenvalue weighted by Crippen LogP contribution is 2.35. The van der Waals surface area contributed by atoms with Gasteiger partial charge >= 0.3 is 0 Å². The Labute approximate surface area is 185 Å². The van der Waals surface area contributed by atoms with E-state index in [0.29, 0.717) is 12.1 Å². The van der Waals surface area contributed by atoms with Crippen molar-refractivity contribution >= 4 is 22.8 Å². The van der Waals surface area contributed by atoms with E-state index >= 15 is 0 Å². The van der Waals surface area contributed by atoms with E-state index in [4.69, 9.17) is 0 Å². The maximum atomic E-state index is 13.3. The summed E-state index contributed by atoms with van der Waals surface area (Å²) in [5.41, 5.74) is 4.05. The second kappa shape index (κ2) is 8.26. The van der Waals surface area contributed by atoms with Gasteiger partial charge in [0, 0.05) is 12.1 Å². The minimum absolute atomic E-state index is 0.0871. The molecule has 2 unspecified atom stereocenters. The average molecular weight is 425 g/mol. The molecule has 0 radical (unpaired) electrons. The number of carbonyl (C=O) groups excluding carboxylic acids is 2. The lowest BCUT2D eigenvalue weighted by Crippen LogP contribution is -2.41. The first-order valence-corrected chi connectivity index (χ1v) is 10.6. The first-order chi connectivity index (χ1) is 15.6. The number of fused-ring (bicyclic) bond motifs is 2. The summed E-state index contributed by atoms with van der Waals surface area (Å²) in [4.78, 5) is 28.2. The zero-order valence-corrected chi connectivity index (χ0v) is 17.7. The molecule has 0 saturated heterocycles. The van der Waals surface area contributed by atoms with Crippen LogP contribution in [0.1, 0.15) is 40.4 Å². The largest absolute Gasteiger partial charge is 0.335 e. The van der Waals surface area contributed by atoms with Crippen LogP contribution in [0.5, 0.6) is 0 Å².